The summed E-state index contributed by atoms with van der Waals surface area (Å²) in [5.41, 5.74) is 4.75. The van der Waals surface area contributed by atoms with Gasteiger partial charge in [0.15, 0.2) is 0 Å². The summed E-state index contributed by atoms with van der Waals surface area (Å²) in [4.78, 5) is 22.7. The predicted octanol–water partition coefficient (Wildman–Crippen LogP) is -0.443. The van der Waals surface area contributed by atoms with Crippen LogP contribution in [-0.2, 0) is 14.1 Å². The van der Waals surface area contributed by atoms with Crippen molar-refractivity contribution in [1.29, 1.82) is 0 Å². The molecule has 0 bridgehead atoms. The molecular formula is C8H14ClN3O2S. The van der Waals surface area contributed by atoms with Gasteiger partial charge in [0.25, 0.3) is 5.56 Å². The third-order valence-electron chi connectivity index (χ3n) is 1.85. The van der Waals surface area contributed by atoms with Crippen LogP contribution in [-0.4, -0.2) is 21.4 Å². The molecule has 0 aliphatic rings. The van der Waals surface area contributed by atoms with E-state index in [0.29, 0.717) is 17.3 Å². The Morgan fingerprint density at radius 3 is 2.47 bits per heavy atom. The summed E-state index contributed by atoms with van der Waals surface area (Å²) < 4.78 is 2.52. The summed E-state index contributed by atoms with van der Waals surface area (Å²) in [6, 6.07) is 1.45. The minimum Gasteiger partial charge on any atom is -0.330 e. The number of halogens is 1. The van der Waals surface area contributed by atoms with Crippen LogP contribution in [0.25, 0.3) is 0 Å². The van der Waals surface area contributed by atoms with Crippen LogP contribution in [0.15, 0.2) is 20.7 Å². The first-order valence-corrected chi connectivity index (χ1v) is 5.16. The first kappa shape index (κ1) is 14.3. The van der Waals surface area contributed by atoms with Gasteiger partial charge in [-0.1, -0.05) is 0 Å². The first-order chi connectivity index (χ1) is 6.57. The third-order valence-corrected chi connectivity index (χ3v) is 2.98. The molecule has 86 valence electrons. The number of nitrogens with two attached hydrogens (primary N) is 1. The largest absolute Gasteiger partial charge is 0.331 e. The van der Waals surface area contributed by atoms with Crippen LogP contribution in [0.1, 0.15) is 0 Å². The topological polar surface area (TPSA) is 70.0 Å². The Labute approximate surface area is 97.7 Å². The maximum Gasteiger partial charge on any atom is 0.331 e. The lowest BCUT2D eigenvalue weighted by Gasteiger charge is -2.07. The maximum absolute atomic E-state index is 11.5. The van der Waals surface area contributed by atoms with Crippen molar-refractivity contribution in [1.82, 2.24) is 9.13 Å². The molecule has 15 heavy (non-hydrogen) atoms. The minimum atomic E-state index is -0.308. The van der Waals surface area contributed by atoms with Gasteiger partial charge in [0.05, 0.1) is 5.03 Å². The van der Waals surface area contributed by atoms with Gasteiger partial charge in [-0.05, 0) is 0 Å². The molecular weight excluding hydrogens is 238 g/mol. The van der Waals surface area contributed by atoms with Gasteiger partial charge < -0.3 is 5.73 Å². The van der Waals surface area contributed by atoms with Crippen LogP contribution >= 0.6 is 24.2 Å². The molecule has 1 aromatic heterocycles. The van der Waals surface area contributed by atoms with Crippen molar-refractivity contribution in [2.24, 2.45) is 19.8 Å². The van der Waals surface area contributed by atoms with Gasteiger partial charge in [-0.2, -0.15) is 0 Å². The fraction of sp³-hybridized carbons (Fsp3) is 0.500. The number of hydrogen-bond acceptors (Lipinski definition) is 4. The summed E-state index contributed by atoms with van der Waals surface area (Å²) >= 11 is 1.41. The van der Waals surface area contributed by atoms with Crippen LogP contribution in [0.2, 0.25) is 0 Å². The predicted molar refractivity (Wildman–Crippen MR) is 64.0 cm³/mol. The molecule has 7 heteroatoms. The lowest BCUT2D eigenvalue weighted by atomic mass is 10.6. The summed E-state index contributed by atoms with van der Waals surface area (Å²) in [6.45, 7) is 0.522. The van der Waals surface area contributed by atoms with E-state index in [4.69, 9.17) is 5.73 Å². The number of thioether (sulfide) groups is 1. The van der Waals surface area contributed by atoms with Gasteiger partial charge in [-0.25, -0.2) is 4.79 Å². The molecule has 5 nitrogen and oxygen atoms in total. The van der Waals surface area contributed by atoms with E-state index < -0.39 is 0 Å². The highest BCUT2D eigenvalue weighted by Gasteiger charge is 2.05. The first-order valence-electron chi connectivity index (χ1n) is 4.18. The molecule has 0 aliphatic heterocycles. The summed E-state index contributed by atoms with van der Waals surface area (Å²) in [5, 5.41) is 0.656. The fourth-order valence-electron chi connectivity index (χ4n) is 1.01. The monoisotopic (exact) mass is 251 g/mol. The van der Waals surface area contributed by atoms with Crippen LogP contribution < -0.4 is 17.0 Å². The molecule has 0 amide bonds. The Balaban J connectivity index is 0.00000196. The van der Waals surface area contributed by atoms with Gasteiger partial charge in [-0.3, -0.25) is 13.9 Å². The van der Waals surface area contributed by atoms with Crippen LogP contribution in [0.4, 0.5) is 0 Å². The average Bonchev–Trinajstić information content (AvgIpc) is 2.18. The maximum atomic E-state index is 11.5. The highest BCUT2D eigenvalue weighted by molar-refractivity contribution is 7.99. The average molecular weight is 252 g/mol. The number of nitrogens with zero attached hydrogens (tertiary/aromatic N) is 2. The fourth-order valence-corrected chi connectivity index (χ4v) is 1.80. The Kier molecular flexibility index (Phi) is 5.71. The second kappa shape index (κ2) is 5.99. The quantitative estimate of drug-likeness (QED) is 0.584. The zero-order chi connectivity index (χ0) is 10.7. The highest BCUT2D eigenvalue weighted by Crippen LogP contribution is 2.11. The molecule has 0 saturated carbocycles. The van der Waals surface area contributed by atoms with Crippen molar-refractivity contribution in [3.63, 3.8) is 0 Å². The van der Waals surface area contributed by atoms with Gasteiger partial charge in [-0.15, -0.1) is 24.2 Å². The van der Waals surface area contributed by atoms with Crippen LogP contribution in [0.5, 0.6) is 0 Å². The van der Waals surface area contributed by atoms with Crippen molar-refractivity contribution in [2.75, 3.05) is 12.3 Å². The lowest BCUT2D eigenvalue weighted by Crippen LogP contribution is -2.37. The second-order valence-corrected chi connectivity index (χ2v) is 3.97. The number of aromatic nitrogens is 2. The van der Waals surface area contributed by atoms with E-state index in [1.165, 1.54) is 29.4 Å². The molecule has 0 atom stereocenters. The van der Waals surface area contributed by atoms with Crippen molar-refractivity contribution < 1.29 is 0 Å². The van der Waals surface area contributed by atoms with Gasteiger partial charge in [0, 0.05) is 32.5 Å². The van der Waals surface area contributed by atoms with Gasteiger partial charge in [0.2, 0.25) is 0 Å². The minimum absolute atomic E-state index is 0. The highest BCUT2D eigenvalue weighted by atomic mass is 35.5. The molecule has 0 fully saturated rings. The zero-order valence-electron chi connectivity index (χ0n) is 8.60. The van der Waals surface area contributed by atoms with E-state index in [1.54, 1.807) is 7.05 Å². The smallest absolute Gasteiger partial charge is 0.330 e. The Hall–Kier alpha value is -0.720. The van der Waals surface area contributed by atoms with Crippen molar-refractivity contribution >= 4 is 24.2 Å². The van der Waals surface area contributed by atoms with E-state index in [-0.39, 0.29) is 23.7 Å². The Bertz CT molecular complexity index is 440. The number of rotatable bonds is 3. The summed E-state index contributed by atoms with van der Waals surface area (Å²) in [7, 11) is 3.10. The molecule has 1 rings (SSSR count). The van der Waals surface area contributed by atoms with Crippen molar-refractivity contribution in [2.45, 2.75) is 5.03 Å². The van der Waals surface area contributed by atoms with E-state index in [2.05, 4.69) is 0 Å². The van der Waals surface area contributed by atoms with Crippen molar-refractivity contribution in [3.8, 4) is 0 Å². The Morgan fingerprint density at radius 1 is 1.33 bits per heavy atom. The van der Waals surface area contributed by atoms with Crippen molar-refractivity contribution in [3.05, 3.63) is 26.9 Å². The number of hydrogen-bond donors (Lipinski definition) is 1. The molecule has 1 aromatic rings. The second-order valence-electron chi connectivity index (χ2n) is 2.86. The van der Waals surface area contributed by atoms with Gasteiger partial charge >= 0.3 is 5.69 Å². The van der Waals surface area contributed by atoms with Crippen LogP contribution in [0, 0.1) is 0 Å². The van der Waals surface area contributed by atoms with E-state index in [9.17, 15) is 9.59 Å². The molecule has 2 N–H and O–H groups in total. The summed E-state index contributed by atoms with van der Waals surface area (Å²) in [6.07, 6.45) is 0. The molecule has 0 saturated heterocycles. The third kappa shape index (κ3) is 3.12. The molecule has 0 spiro atoms. The molecule has 0 aromatic carbocycles. The molecule has 0 radical (unpaired) electrons. The van der Waals surface area contributed by atoms with Crippen LogP contribution in [0.3, 0.4) is 0 Å². The van der Waals surface area contributed by atoms with Gasteiger partial charge in [0.1, 0.15) is 0 Å². The standard InChI is InChI=1S/C8H13N3O2S.ClH/c1-10-6(12)5-7(14-4-3-9)11(2)8(10)13;/h5H,3-4,9H2,1-2H3;1H. The SMILES string of the molecule is Cl.Cn1c(SCCN)cc(=O)n(C)c1=O. The normalized spacial score (nSPS) is 9.80. The van der Waals surface area contributed by atoms with E-state index in [1.807, 2.05) is 0 Å². The van der Waals surface area contributed by atoms with E-state index >= 15 is 0 Å². The molecule has 0 unspecified atom stereocenters. The lowest BCUT2D eigenvalue weighted by molar-refractivity contribution is 0.636. The zero-order valence-corrected chi connectivity index (χ0v) is 10.2. The Morgan fingerprint density at radius 2 is 1.93 bits per heavy atom. The summed E-state index contributed by atoms with van der Waals surface area (Å²) in [5.74, 6) is 0.695. The van der Waals surface area contributed by atoms with E-state index in [0.717, 1.165) is 4.57 Å². The molecule has 1 heterocycles. The molecule has 0 aliphatic carbocycles.